The molecule has 0 bridgehead atoms. The second kappa shape index (κ2) is 13.9. The van der Waals surface area contributed by atoms with Gasteiger partial charge in [-0.15, -0.1) is 0 Å². The summed E-state index contributed by atoms with van der Waals surface area (Å²) in [6.45, 7) is 3.18. The zero-order valence-electron chi connectivity index (χ0n) is 25.2. The number of fused-ring (bicyclic) bond motifs is 1. The zero-order chi connectivity index (χ0) is 31.2. The zero-order valence-corrected chi connectivity index (χ0v) is 25.2. The summed E-state index contributed by atoms with van der Waals surface area (Å²) < 4.78 is 35.5. The van der Waals surface area contributed by atoms with Gasteiger partial charge >= 0.3 is 6.61 Å². The van der Waals surface area contributed by atoms with Crippen LogP contribution in [0.5, 0.6) is 5.75 Å². The van der Waals surface area contributed by atoms with E-state index in [-0.39, 0.29) is 30.2 Å². The Morgan fingerprint density at radius 1 is 1.09 bits per heavy atom. The highest BCUT2D eigenvalue weighted by Gasteiger charge is 2.17. The molecule has 0 spiro atoms. The molecule has 5 rings (SSSR count). The Balaban J connectivity index is 1.31. The fourth-order valence-electron chi connectivity index (χ4n) is 5.70. The number of benzene rings is 2. The number of carbonyl (C=O) groups is 1. The summed E-state index contributed by atoms with van der Waals surface area (Å²) in [5.74, 6) is 0.0398. The molecule has 44 heavy (non-hydrogen) atoms. The lowest BCUT2D eigenvalue weighted by Crippen LogP contribution is -2.14. The van der Waals surface area contributed by atoms with Crippen molar-refractivity contribution in [1.29, 1.82) is 5.41 Å². The van der Waals surface area contributed by atoms with E-state index in [0.717, 1.165) is 52.2 Å². The molecule has 1 aliphatic rings. The second-order valence-electron chi connectivity index (χ2n) is 11.4. The van der Waals surface area contributed by atoms with Gasteiger partial charge < -0.3 is 19.9 Å². The number of rotatable bonds is 10. The molecule has 0 radical (unpaired) electrons. The molecule has 0 amide bonds. The molecular formula is C36H37F2N3O3. The monoisotopic (exact) mass is 597 g/mol. The molecule has 1 aliphatic heterocycles. The first-order valence-electron chi connectivity index (χ1n) is 14.9. The topological polar surface area (TPSA) is 87.5 Å². The molecule has 0 saturated heterocycles. The normalized spacial score (nSPS) is 17.4. The van der Waals surface area contributed by atoms with Gasteiger partial charge in [-0.3, -0.25) is 4.79 Å². The van der Waals surface area contributed by atoms with Crippen LogP contribution in [0.2, 0.25) is 0 Å². The van der Waals surface area contributed by atoms with Crippen LogP contribution in [0.4, 0.5) is 14.5 Å². The molecule has 2 heterocycles. The molecule has 0 saturated carbocycles. The maximum absolute atomic E-state index is 13.1. The van der Waals surface area contributed by atoms with Crippen molar-refractivity contribution in [3.63, 3.8) is 0 Å². The van der Waals surface area contributed by atoms with Gasteiger partial charge in [0.25, 0.3) is 0 Å². The molecule has 228 valence electrons. The number of nitrogens with one attached hydrogen (secondary N) is 2. The highest BCUT2D eigenvalue weighted by atomic mass is 19.3. The Hall–Kier alpha value is -4.43. The van der Waals surface area contributed by atoms with Crippen LogP contribution in [-0.4, -0.2) is 35.3 Å². The number of aromatic amines is 1. The fourth-order valence-corrected chi connectivity index (χ4v) is 5.70. The average molecular weight is 598 g/mol. The molecule has 3 aromatic carbocycles. The molecule has 0 unspecified atom stereocenters. The minimum atomic E-state index is -2.87. The number of carbonyl (C=O) groups excluding carboxylic acids is 1. The van der Waals surface area contributed by atoms with Crippen LogP contribution >= 0.6 is 0 Å². The van der Waals surface area contributed by atoms with Crippen molar-refractivity contribution < 1.29 is 23.0 Å². The number of halogens is 2. The van der Waals surface area contributed by atoms with Crippen molar-refractivity contribution in [2.45, 2.75) is 71.7 Å². The third-order valence-electron chi connectivity index (χ3n) is 7.83. The van der Waals surface area contributed by atoms with E-state index in [9.17, 15) is 13.6 Å². The number of hydrogen-bond donors (Lipinski definition) is 2. The van der Waals surface area contributed by atoms with Gasteiger partial charge in [-0.05, 0) is 94.0 Å². The molecule has 8 heteroatoms. The number of nitrogens with zero attached hydrogens (tertiary/aromatic N) is 1. The van der Waals surface area contributed by atoms with Crippen LogP contribution in [0, 0.1) is 12.3 Å². The number of H-pyrrole nitrogens is 1. The molecule has 0 aliphatic carbocycles. The van der Waals surface area contributed by atoms with Gasteiger partial charge in [0.15, 0.2) is 5.78 Å². The van der Waals surface area contributed by atoms with E-state index in [0.29, 0.717) is 23.4 Å². The van der Waals surface area contributed by atoms with E-state index < -0.39 is 6.61 Å². The summed E-state index contributed by atoms with van der Waals surface area (Å²) >= 11 is 0. The third-order valence-corrected chi connectivity index (χ3v) is 7.83. The number of aryl methyl sites for hydroxylation is 1. The maximum atomic E-state index is 13.1. The smallest absolute Gasteiger partial charge is 0.387 e. The molecule has 2 N–H and O–H groups in total. The molecular weight excluding hydrogens is 560 g/mol. The van der Waals surface area contributed by atoms with Crippen LogP contribution in [-0.2, 0) is 4.74 Å². The SMILES string of the molecule is Cc1cc(N=c2ccccc3c(-c4ccc(OC(F)F)cc4)c[nH]c23)ccc1C(=O)CC(=N)CCC1=CC[C@@H](C)O[C@@H](C)C1. The minimum absolute atomic E-state index is 0.0632. The summed E-state index contributed by atoms with van der Waals surface area (Å²) in [6.07, 6.45) is 7.69. The number of ether oxygens (including phenoxy) is 2. The predicted molar refractivity (Wildman–Crippen MR) is 170 cm³/mol. The van der Waals surface area contributed by atoms with Crippen molar-refractivity contribution in [2.75, 3.05) is 0 Å². The Bertz CT molecular complexity index is 1760. The lowest BCUT2D eigenvalue weighted by atomic mass is 9.96. The third kappa shape index (κ3) is 7.74. The van der Waals surface area contributed by atoms with Crippen molar-refractivity contribution in [1.82, 2.24) is 4.98 Å². The van der Waals surface area contributed by atoms with Crippen LogP contribution in [0.3, 0.4) is 0 Å². The summed E-state index contributed by atoms with van der Waals surface area (Å²) in [5, 5.41) is 10.1. The Labute approximate surface area is 256 Å². The number of hydrogen-bond acceptors (Lipinski definition) is 5. The fraction of sp³-hybridized carbons (Fsp3) is 0.306. The summed E-state index contributed by atoms with van der Waals surface area (Å²) in [6, 6.07) is 19.8. The number of Topliss-reactive ketones (excluding diaryl/α,β-unsaturated/α-hetero) is 1. The van der Waals surface area contributed by atoms with Crippen molar-refractivity contribution in [3.8, 4) is 16.9 Å². The Morgan fingerprint density at radius 3 is 2.61 bits per heavy atom. The lowest BCUT2D eigenvalue weighted by Gasteiger charge is -2.15. The van der Waals surface area contributed by atoms with Crippen molar-refractivity contribution in [3.05, 3.63) is 101 Å². The van der Waals surface area contributed by atoms with E-state index in [2.05, 4.69) is 29.6 Å². The van der Waals surface area contributed by atoms with Crippen molar-refractivity contribution >= 4 is 28.1 Å². The predicted octanol–water partition coefficient (Wildman–Crippen LogP) is 8.86. The number of alkyl halides is 2. The summed E-state index contributed by atoms with van der Waals surface area (Å²) in [7, 11) is 0. The standard InChI is InChI=1S/C36H37F2N3O3/c1-22-18-28(14-17-30(22)34(42)20-27(39)13-10-25-9-8-23(2)43-24(3)19-25)41-33-7-5-4-6-31-32(21-40-35(31)33)26-11-15-29(16-12-26)44-36(37)38/h4-7,9,11-12,14-18,21,23-24,36,39-40H,8,10,13,19-20H2,1-3H3/t23-,24+/m1/s1. The molecule has 6 nitrogen and oxygen atoms in total. The van der Waals surface area contributed by atoms with E-state index in [4.69, 9.17) is 15.1 Å². The Kier molecular flexibility index (Phi) is 9.80. The van der Waals surface area contributed by atoms with Gasteiger partial charge in [0.05, 0.1) is 28.8 Å². The van der Waals surface area contributed by atoms with Crippen LogP contribution < -0.4 is 10.1 Å². The largest absolute Gasteiger partial charge is 0.435 e. The van der Waals surface area contributed by atoms with Gasteiger partial charge in [0.2, 0.25) is 0 Å². The lowest BCUT2D eigenvalue weighted by molar-refractivity contribution is -0.0498. The molecule has 4 aromatic rings. The van der Waals surface area contributed by atoms with Crippen LogP contribution in [0.25, 0.3) is 22.0 Å². The van der Waals surface area contributed by atoms with Gasteiger partial charge in [0.1, 0.15) is 5.75 Å². The first-order chi connectivity index (χ1) is 21.2. The first-order valence-corrected chi connectivity index (χ1v) is 14.9. The van der Waals surface area contributed by atoms with Gasteiger partial charge in [-0.2, -0.15) is 8.78 Å². The molecule has 0 fully saturated rings. The summed E-state index contributed by atoms with van der Waals surface area (Å²) in [5.41, 5.74) is 6.44. The van der Waals surface area contributed by atoms with E-state index in [1.54, 1.807) is 18.2 Å². The number of ketones is 1. The maximum Gasteiger partial charge on any atom is 0.387 e. The Morgan fingerprint density at radius 2 is 1.86 bits per heavy atom. The highest BCUT2D eigenvalue weighted by Crippen LogP contribution is 2.29. The second-order valence-corrected chi connectivity index (χ2v) is 11.4. The number of aromatic nitrogens is 1. The van der Waals surface area contributed by atoms with Crippen LogP contribution in [0.15, 0.2) is 89.6 Å². The minimum Gasteiger partial charge on any atom is -0.435 e. The van der Waals surface area contributed by atoms with Gasteiger partial charge in [0, 0.05) is 34.8 Å². The van der Waals surface area contributed by atoms with Gasteiger partial charge in [-0.25, -0.2) is 4.99 Å². The van der Waals surface area contributed by atoms with Crippen molar-refractivity contribution in [2.24, 2.45) is 4.99 Å². The first kappa shape index (κ1) is 31.0. The van der Waals surface area contributed by atoms with E-state index in [1.165, 1.54) is 17.7 Å². The van der Waals surface area contributed by atoms with Gasteiger partial charge in [-0.1, -0.05) is 42.0 Å². The average Bonchev–Trinajstić information content (AvgIpc) is 3.19. The molecule has 2 atom stereocenters. The highest BCUT2D eigenvalue weighted by molar-refractivity contribution is 6.09. The van der Waals surface area contributed by atoms with E-state index >= 15 is 0 Å². The quantitative estimate of drug-likeness (QED) is 0.109. The van der Waals surface area contributed by atoms with E-state index in [1.807, 2.05) is 49.5 Å². The molecule has 1 aromatic heterocycles. The summed E-state index contributed by atoms with van der Waals surface area (Å²) in [4.78, 5) is 21.3. The van der Waals surface area contributed by atoms with Crippen LogP contribution in [0.1, 0.15) is 61.9 Å².